The summed E-state index contributed by atoms with van der Waals surface area (Å²) < 4.78 is 5.90. The summed E-state index contributed by atoms with van der Waals surface area (Å²) in [5.41, 5.74) is 1.60. The van der Waals surface area contributed by atoms with Gasteiger partial charge in [0.05, 0.1) is 6.61 Å². The molecular formula is C23H28O3. The van der Waals surface area contributed by atoms with Crippen molar-refractivity contribution in [3.8, 4) is 5.75 Å². The van der Waals surface area contributed by atoms with Crippen LogP contribution in [0.2, 0.25) is 0 Å². The Hall–Kier alpha value is -2.39. The lowest BCUT2D eigenvalue weighted by molar-refractivity contribution is 0.104. The molecule has 0 amide bonds. The molecule has 3 heteroatoms. The number of para-hydroxylation sites is 1. The average Bonchev–Trinajstić information content (AvgIpc) is 2.69. The third-order valence-corrected chi connectivity index (χ3v) is 4.20. The Morgan fingerprint density at radius 1 is 0.846 bits per heavy atom. The van der Waals surface area contributed by atoms with Gasteiger partial charge >= 0.3 is 0 Å². The van der Waals surface area contributed by atoms with Gasteiger partial charge in [0.2, 0.25) is 0 Å². The fraction of sp³-hybridized carbons (Fsp3) is 0.348. The highest BCUT2D eigenvalue weighted by Crippen LogP contribution is 2.20. The lowest BCUT2D eigenvalue weighted by atomic mass is 10.1. The third-order valence-electron chi connectivity index (χ3n) is 4.20. The molecule has 0 unspecified atom stereocenters. The highest BCUT2D eigenvalue weighted by Gasteiger charge is 2.03. The second kappa shape index (κ2) is 12.0. The minimum absolute atomic E-state index is 0.0108. The van der Waals surface area contributed by atoms with Crippen molar-refractivity contribution in [2.45, 2.75) is 38.5 Å². The zero-order valence-electron chi connectivity index (χ0n) is 15.3. The molecular weight excluding hydrogens is 324 g/mol. The van der Waals surface area contributed by atoms with Gasteiger partial charge < -0.3 is 9.84 Å². The molecule has 0 saturated heterocycles. The number of carbonyl (C=O) groups is 1. The Labute approximate surface area is 156 Å². The number of unbranched alkanes of at least 4 members (excludes halogenated alkanes) is 5. The quantitative estimate of drug-likeness (QED) is 0.320. The smallest absolute Gasteiger partial charge is 0.185 e. The first-order valence-corrected chi connectivity index (χ1v) is 9.41. The number of carbonyl (C=O) groups excluding carboxylic acids is 1. The fourth-order valence-corrected chi connectivity index (χ4v) is 2.72. The van der Waals surface area contributed by atoms with Gasteiger partial charge in [-0.05, 0) is 31.1 Å². The molecule has 0 aromatic heterocycles. The number of rotatable bonds is 12. The summed E-state index contributed by atoms with van der Waals surface area (Å²) in [6.07, 6.45) is 9.91. The minimum atomic E-state index is -0.0108. The first-order valence-electron chi connectivity index (χ1n) is 9.41. The summed E-state index contributed by atoms with van der Waals surface area (Å²) in [7, 11) is 0. The summed E-state index contributed by atoms with van der Waals surface area (Å²) in [6.45, 7) is 0.970. The molecule has 0 aliphatic heterocycles. The van der Waals surface area contributed by atoms with E-state index in [1.165, 1.54) is 12.8 Å². The van der Waals surface area contributed by atoms with Crippen LogP contribution in [0.4, 0.5) is 0 Å². The Morgan fingerprint density at radius 2 is 1.50 bits per heavy atom. The van der Waals surface area contributed by atoms with E-state index in [4.69, 9.17) is 9.84 Å². The van der Waals surface area contributed by atoms with Gasteiger partial charge in [-0.3, -0.25) is 4.79 Å². The molecule has 0 atom stereocenters. The van der Waals surface area contributed by atoms with Crippen molar-refractivity contribution < 1.29 is 14.6 Å². The number of ketones is 1. The Bertz CT molecular complexity index is 677. The topological polar surface area (TPSA) is 46.5 Å². The van der Waals surface area contributed by atoms with E-state index < -0.39 is 0 Å². The van der Waals surface area contributed by atoms with Gasteiger partial charge in [0, 0.05) is 17.7 Å². The number of ether oxygens (including phenoxy) is 1. The lowest BCUT2D eigenvalue weighted by Gasteiger charge is -2.09. The zero-order chi connectivity index (χ0) is 18.5. The predicted octanol–water partition coefficient (Wildman–Crippen LogP) is 5.29. The molecule has 0 aliphatic carbocycles. The van der Waals surface area contributed by atoms with E-state index in [0.717, 1.165) is 37.0 Å². The van der Waals surface area contributed by atoms with E-state index >= 15 is 0 Å². The summed E-state index contributed by atoms with van der Waals surface area (Å²) in [4.78, 5) is 12.2. The van der Waals surface area contributed by atoms with Crippen molar-refractivity contribution >= 4 is 11.9 Å². The van der Waals surface area contributed by atoms with Gasteiger partial charge in [-0.2, -0.15) is 0 Å². The molecule has 26 heavy (non-hydrogen) atoms. The van der Waals surface area contributed by atoms with E-state index in [1.807, 2.05) is 60.7 Å². The van der Waals surface area contributed by atoms with Crippen LogP contribution >= 0.6 is 0 Å². The molecule has 2 aromatic carbocycles. The van der Waals surface area contributed by atoms with E-state index in [9.17, 15) is 4.79 Å². The van der Waals surface area contributed by atoms with Crippen LogP contribution in [-0.4, -0.2) is 24.1 Å². The second-order valence-corrected chi connectivity index (χ2v) is 6.29. The van der Waals surface area contributed by atoms with Crippen LogP contribution in [0.15, 0.2) is 60.7 Å². The minimum Gasteiger partial charge on any atom is -0.493 e. The highest BCUT2D eigenvalue weighted by molar-refractivity contribution is 6.06. The molecule has 3 nitrogen and oxygen atoms in total. The number of aliphatic hydroxyl groups is 1. The molecule has 1 N–H and O–H groups in total. The number of aliphatic hydroxyl groups excluding tert-OH is 1. The van der Waals surface area contributed by atoms with Crippen molar-refractivity contribution in [1.82, 2.24) is 0 Å². The molecule has 2 aromatic rings. The highest BCUT2D eigenvalue weighted by atomic mass is 16.5. The number of allylic oxidation sites excluding steroid dienone is 1. The molecule has 0 saturated carbocycles. The molecule has 0 radical (unpaired) electrons. The lowest BCUT2D eigenvalue weighted by Crippen LogP contribution is -1.99. The van der Waals surface area contributed by atoms with Gasteiger partial charge in [0.25, 0.3) is 0 Å². The average molecular weight is 352 g/mol. The summed E-state index contributed by atoms with van der Waals surface area (Å²) in [6, 6.07) is 17.0. The fourth-order valence-electron chi connectivity index (χ4n) is 2.72. The van der Waals surface area contributed by atoms with Gasteiger partial charge in [0.1, 0.15) is 5.75 Å². The van der Waals surface area contributed by atoms with Gasteiger partial charge in [-0.1, -0.05) is 74.2 Å². The molecule has 0 heterocycles. The first kappa shape index (κ1) is 19.9. The largest absolute Gasteiger partial charge is 0.493 e. The predicted molar refractivity (Wildman–Crippen MR) is 107 cm³/mol. The Morgan fingerprint density at radius 3 is 2.27 bits per heavy atom. The monoisotopic (exact) mass is 352 g/mol. The van der Waals surface area contributed by atoms with Crippen molar-refractivity contribution in [3.05, 3.63) is 71.8 Å². The second-order valence-electron chi connectivity index (χ2n) is 6.29. The normalized spacial score (nSPS) is 11.0. The Kier molecular flexibility index (Phi) is 9.23. The molecule has 138 valence electrons. The zero-order valence-corrected chi connectivity index (χ0v) is 15.3. The van der Waals surface area contributed by atoms with Crippen LogP contribution in [0.25, 0.3) is 6.08 Å². The number of benzene rings is 2. The first-order chi connectivity index (χ1) is 12.8. The molecule has 0 bridgehead atoms. The van der Waals surface area contributed by atoms with Crippen LogP contribution < -0.4 is 4.74 Å². The summed E-state index contributed by atoms with van der Waals surface area (Å²) >= 11 is 0. The standard InChI is InChI=1S/C23H28O3/c24-18-10-3-1-2-4-11-19-26-23-15-9-8-14-21(23)16-17-22(25)20-12-6-5-7-13-20/h5-9,12-17,24H,1-4,10-11,18-19H2/b17-16+. The molecule has 2 rings (SSSR count). The molecule has 0 spiro atoms. The summed E-state index contributed by atoms with van der Waals surface area (Å²) in [5.74, 6) is 0.799. The van der Waals surface area contributed by atoms with Crippen molar-refractivity contribution in [2.75, 3.05) is 13.2 Å². The van der Waals surface area contributed by atoms with E-state index in [2.05, 4.69) is 0 Å². The van der Waals surface area contributed by atoms with E-state index in [-0.39, 0.29) is 5.78 Å². The van der Waals surface area contributed by atoms with Crippen LogP contribution in [0.3, 0.4) is 0 Å². The van der Waals surface area contributed by atoms with Crippen molar-refractivity contribution in [1.29, 1.82) is 0 Å². The van der Waals surface area contributed by atoms with Gasteiger partial charge in [-0.25, -0.2) is 0 Å². The van der Waals surface area contributed by atoms with Crippen LogP contribution in [-0.2, 0) is 0 Å². The van der Waals surface area contributed by atoms with Crippen molar-refractivity contribution in [2.24, 2.45) is 0 Å². The Balaban J connectivity index is 1.80. The van der Waals surface area contributed by atoms with E-state index in [1.54, 1.807) is 6.08 Å². The number of hydrogen-bond acceptors (Lipinski definition) is 3. The maximum absolute atomic E-state index is 12.2. The van der Waals surface area contributed by atoms with Crippen LogP contribution in [0, 0.1) is 0 Å². The summed E-state index contributed by atoms with van der Waals surface area (Å²) in [5, 5.41) is 8.76. The van der Waals surface area contributed by atoms with Gasteiger partial charge in [-0.15, -0.1) is 0 Å². The van der Waals surface area contributed by atoms with E-state index in [0.29, 0.717) is 18.8 Å². The van der Waals surface area contributed by atoms with Crippen LogP contribution in [0.5, 0.6) is 5.75 Å². The molecule has 0 aliphatic rings. The third kappa shape index (κ3) is 7.24. The SMILES string of the molecule is O=C(/C=C/c1ccccc1OCCCCCCCCO)c1ccccc1. The number of hydrogen-bond donors (Lipinski definition) is 1. The maximum atomic E-state index is 12.2. The van der Waals surface area contributed by atoms with Gasteiger partial charge in [0.15, 0.2) is 5.78 Å². The van der Waals surface area contributed by atoms with Crippen LogP contribution in [0.1, 0.15) is 54.4 Å². The molecule has 0 fully saturated rings. The van der Waals surface area contributed by atoms with Crippen molar-refractivity contribution in [3.63, 3.8) is 0 Å². The maximum Gasteiger partial charge on any atom is 0.185 e.